The molecule has 0 aliphatic heterocycles. The number of rotatable bonds is 2. The molecule has 0 fully saturated rings. The molecule has 1 aromatic heterocycles. The highest BCUT2D eigenvalue weighted by Gasteiger charge is 2.06. The van der Waals surface area contributed by atoms with Crippen molar-refractivity contribution >= 4 is 15.9 Å². The van der Waals surface area contributed by atoms with Crippen LogP contribution in [0.3, 0.4) is 0 Å². The summed E-state index contributed by atoms with van der Waals surface area (Å²) in [5, 5.41) is 9.30. The summed E-state index contributed by atoms with van der Waals surface area (Å²) in [5.41, 5.74) is 1.05. The largest absolute Gasteiger partial charge is 0.508 e. The molecule has 82 valence electrons. The minimum absolute atomic E-state index is 0.168. The summed E-state index contributed by atoms with van der Waals surface area (Å²) < 4.78 is 6.37. The minimum atomic E-state index is 0.168. The van der Waals surface area contributed by atoms with Crippen LogP contribution in [0.5, 0.6) is 17.4 Å². The summed E-state index contributed by atoms with van der Waals surface area (Å²) in [5.74, 6) is 1.21. The van der Waals surface area contributed by atoms with E-state index in [0.717, 1.165) is 10.0 Å². The molecule has 0 bridgehead atoms. The van der Waals surface area contributed by atoms with Crippen LogP contribution in [0.2, 0.25) is 0 Å². The lowest BCUT2D eigenvalue weighted by molar-refractivity contribution is 0.443. The second-order valence-corrected chi connectivity index (χ2v) is 4.14. The van der Waals surface area contributed by atoms with Crippen molar-refractivity contribution in [3.05, 3.63) is 46.6 Å². The number of aromatic nitrogens is 1. The van der Waals surface area contributed by atoms with Gasteiger partial charge in [0.25, 0.3) is 0 Å². The summed E-state index contributed by atoms with van der Waals surface area (Å²) in [6, 6.07) is 8.49. The van der Waals surface area contributed by atoms with Crippen LogP contribution in [0.25, 0.3) is 0 Å². The molecule has 4 heteroatoms. The standard InChI is InChI=1S/C12H10BrNO2/c1-8-5-6-14-12(11(8)13)16-10-4-2-3-9(15)7-10/h2-7,15H,1H3. The summed E-state index contributed by atoms with van der Waals surface area (Å²) >= 11 is 3.41. The molecule has 16 heavy (non-hydrogen) atoms. The van der Waals surface area contributed by atoms with Crippen molar-refractivity contribution in [3.8, 4) is 17.4 Å². The minimum Gasteiger partial charge on any atom is -0.508 e. The van der Waals surface area contributed by atoms with Crippen LogP contribution in [0.15, 0.2) is 41.0 Å². The number of ether oxygens (including phenoxy) is 1. The van der Waals surface area contributed by atoms with E-state index in [1.807, 2.05) is 13.0 Å². The molecule has 1 heterocycles. The molecular weight excluding hydrogens is 270 g/mol. The third-order valence-corrected chi connectivity index (χ3v) is 3.05. The van der Waals surface area contributed by atoms with E-state index in [9.17, 15) is 5.11 Å². The van der Waals surface area contributed by atoms with E-state index >= 15 is 0 Å². The fourth-order valence-electron chi connectivity index (χ4n) is 1.25. The smallest absolute Gasteiger partial charge is 0.233 e. The van der Waals surface area contributed by atoms with Gasteiger partial charge in [-0.3, -0.25) is 0 Å². The molecule has 0 amide bonds. The topological polar surface area (TPSA) is 42.4 Å². The van der Waals surface area contributed by atoms with Crippen molar-refractivity contribution < 1.29 is 9.84 Å². The molecule has 1 N–H and O–H groups in total. The monoisotopic (exact) mass is 279 g/mol. The van der Waals surface area contributed by atoms with E-state index in [1.54, 1.807) is 24.4 Å². The highest BCUT2D eigenvalue weighted by atomic mass is 79.9. The second kappa shape index (κ2) is 4.53. The van der Waals surface area contributed by atoms with Gasteiger partial charge in [0.2, 0.25) is 5.88 Å². The third kappa shape index (κ3) is 2.33. The molecule has 2 rings (SSSR count). The van der Waals surface area contributed by atoms with Gasteiger partial charge in [0.05, 0.1) is 4.47 Å². The first-order chi connectivity index (χ1) is 7.66. The first-order valence-corrected chi connectivity index (χ1v) is 5.54. The molecule has 3 nitrogen and oxygen atoms in total. The Morgan fingerprint density at radius 3 is 2.88 bits per heavy atom. The Morgan fingerprint density at radius 2 is 2.12 bits per heavy atom. The van der Waals surface area contributed by atoms with E-state index in [-0.39, 0.29) is 5.75 Å². The zero-order chi connectivity index (χ0) is 11.5. The number of halogens is 1. The van der Waals surface area contributed by atoms with Gasteiger partial charge >= 0.3 is 0 Å². The Labute approximate surface area is 102 Å². The number of aryl methyl sites for hydroxylation is 1. The Bertz CT molecular complexity index is 514. The van der Waals surface area contributed by atoms with Crippen LogP contribution in [0.1, 0.15) is 5.56 Å². The van der Waals surface area contributed by atoms with Crippen LogP contribution >= 0.6 is 15.9 Å². The lowest BCUT2D eigenvalue weighted by Gasteiger charge is -2.07. The Hall–Kier alpha value is -1.55. The first kappa shape index (κ1) is 11.0. The average molecular weight is 280 g/mol. The maximum atomic E-state index is 9.30. The van der Waals surface area contributed by atoms with Crippen molar-refractivity contribution in [2.24, 2.45) is 0 Å². The highest BCUT2D eigenvalue weighted by molar-refractivity contribution is 9.10. The molecular formula is C12H10BrNO2. The van der Waals surface area contributed by atoms with Gasteiger partial charge in [-0.05, 0) is 46.6 Å². The van der Waals surface area contributed by atoms with Crippen molar-refractivity contribution in [1.29, 1.82) is 0 Å². The number of phenols is 1. The Balaban J connectivity index is 2.31. The van der Waals surface area contributed by atoms with E-state index < -0.39 is 0 Å². The maximum absolute atomic E-state index is 9.30. The quantitative estimate of drug-likeness (QED) is 0.913. The predicted molar refractivity (Wildman–Crippen MR) is 64.9 cm³/mol. The zero-order valence-corrected chi connectivity index (χ0v) is 10.2. The maximum Gasteiger partial charge on any atom is 0.233 e. The fraction of sp³-hybridized carbons (Fsp3) is 0.0833. The predicted octanol–water partition coefficient (Wildman–Crippen LogP) is 3.65. The third-order valence-electron chi connectivity index (χ3n) is 2.08. The van der Waals surface area contributed by atoms with Crippen LogP contribution in [0.4, 0.5) is 0 Å². The molecule has 0 aliphatic carbocycles. The van der Waals surface area contributed by atoms with Gasteiger partial charge in [0, 0.05) is 12.3 Å². The normalized spacial score (nSPS) is 10.1. The van der Waals surface area contributed by atoms with Crippen LogP contribution in [0, 0.1) is 6.92 Å². The Kier molecular flexibility index (Phi) is 3.10. The molecule has 0 radical (unpaired) electrons. The molecule has 0 aliphatic rings. The molecule has 0 saturated heterocycles. The second-order valence-electron chi connectivity index (χ2n) is 3.35. The molecule has 0 saturated carbocycles. The number of hydrogen-bond donors (Lipinski definition) is 1. The van der Waals surface area contributed by atoms with E-state index in [2.05, 4.69) is 20.9 Å². The molecule has 0 spiro atoms. The van der Waals surface area contributed by atoms with Crippen molar-refractivity contribution in [2.45, 2.75) is 6.92 Å². The summed E-state index contributed by atoms with van der Waals surface area (Å²) in [4.78, 5) is 4.11. The number of hydrogen-bond acceptors (Lipinski definition) is 3. The van der Waals surface area contributed by atoms with Gasteiger partial charge in [-0.25, -0.2) is 4.98 Å². The molecule has 2 aromatic rings. The molecule has 0 unspecified atom stereocenters. The van der Waals surface area contributed by atoms with Crippen LogP contribution in [-0.4, -0.2) is 10.1 Å². The van der Waals surface area contributed by atoms with Gasteiger partial charge in [0.1, 0.15) is 11.5 Å². The van der Waals surface area contributed by atoms with Gasteiger partial charge in [-0.2, -0.15) is 0 Å². The van der Waals surface area contributed by atoms with E-state index in [4.69, 9.17) is 4.74 Å². The summed E-state index contributed by atoms with van der Waals surface area (Å²) in [6.45, 7) is 1.96. The number of phenolic OH excluding ortho intramolecular Hbond substituents is 1. The van der Waals surface area contributed by atoms with Crippen molar-refractivity contribution in [3.63, 3.8) is 0 Å². The van der Waals surface area contributed by atoms with E-state index in [1.165, 1.54) is 6.07 Å². The molecule has 0 atom stereocenters. The lowest BCUT2D eigenvalue weighted by Crippen LogP contribution is -1.90. The number of nitrogens with zero attached hydrogens (tertiary/aromatic N) is 1. The average Bonchev–Trinajstić information content (AvgIpc) is 2.25. The lowest BCUT2D eigenvalue weighted by atomic mass is 10.3. The molecule has 1 aromatic carbocycles. The van der Waals surface area contributed by atoms with Gasteiger partial charge in [-0.1, -0.05) is 6.07 Å². The zero-order valence-electron chi connectivity index (χ0n) is 8.64. The fourth-order valence-corrected chi connectivity index (χ4v) is 1.56. The van der Waals surface area contributed by atoms with Gasteiger partial charge < -0.3 is 9.84 Å². The van der Waals surface area contributed by atoms with Gasteiger partial charge in [0.15, 0.2) is 0 Å². The Morgan fingerprint density at radius 1 is 1.31 bits per heavy atom. The van der Waals surface area contributed by atoms with Crippen LogP contribution in [-0.2, 0) is 0 Å². The van der Waals surface area contributed by atoms with Gasteiger partial charge in [-0.15, -0.1) is 0 Å². The van der Waals surface area contributed by atoms with E-state index in [0.29, 0.717) is 11.6 Å². The summed E-state index contributed by atoms with van der Waals surface area (Å²) in [7, 11) is 0. The number of aromatic hydroxyl groups is 1. The summed E-state index contributed by atoms with van der Waals surface area (Å²) in [6.07, 6.45) is 1.68. The first-order valence-electron chi connectivity index (χ1n) is 4.75. The van der Waals surface area contributed by atoms with Crippen molar-refractivity contribution in [1.82, 2.24) is 4.98 Å². The number of benzene rings is 1. The van der Waals surface area contributed by atoms with Crippen LogP contribution < -0.4 is 4.74 Å². The number of pyridine rings is 1. The SMILES string of the molecule is Cc1ccnc(Oc2cccc(O)c2)c1Br. The highest BCUT2D eigenvalue weighted by Crippen LogP contribution is 2.30. The van der Waals surface area contributed by atoms with Crippen molar-refractivity contribution in [2.75, 3.05) is 0 Å².